The number of benzene rings is 7. The van der Waals surface area contributed by atoms with Crippen LogP contribution in [0.2, 0.25) is 0 Å². The normalized spacial score (nSPS) is 11.8. The van der Waals surface area contributed by atoms with Crippen molar-refractivity contribution < 1.29 is 0 Å². The molecule has 0 saturated carbocycles. The fourth-order valence-electron chi connectivity index (χ4n) is 7.10. The zero-order valence-electron chi connectivity index (χ0n) is 25.7. The summed E-state index contributed by atoms with van der Waals surface area (Å²) in [6.07, 6.45) is 0. The van der Waals surface area contributed by atoms with Gasteiger partial charge in [0.05, 0.1) is 11.0 Å². The van der Waals surface area contributed by atoms with E-state index in [1.165, 1.54) is 41.7 Å². The average Bonchev–Trinajstić information content (AvgIpc) is 3.71. The lowest BCUT2D eigenvalue weighted by atomic mass is 10.0. The SMILES string of the molecule is c1ccc(-c2cccc(-c3nc(-c4cccc5sc6ccccc6c45)nc(-n4c5ccccc5c5c6ccccc6ccc54)n3)c2)cc1. The van der Waals surface area contributed by atoms with Gasteiger partial charge in [0.2, 0.25) is 5.95 Å². The summed E-state index contributed by atoms with van der Waals surface area (Å²) >= 11 is 1.80. The highest BCUT2D eigenvalue weighted by molar-refractivity contribution is 7.25. The molecule has 224 valence electrons. The number of fused-ring (bicyclic) bond motifs is 8. The maximum atomic E-state index is 5.31. The van der Waals surface area contributed by atoms with Crippen molar-refractivity contribution in [1.82, 2.24) is 19.5 Å². The van der Waals surface area contributed by atoms with E-state index in [9.17, 15) is 0 Å². The predicted octanol–water partition coefficient (Wildman–Crippen LogP) is 11.5. The zero-order chi connectivity index (χ0) is 31.6. The Morgan fingerprint density at radius 2 is 1.10 bits per heavy atom. The van der Waals surface area contributed by atoms with E-state index in [4.69, 9.17) is 15.0 Å². The number of hydrogen-bond donors (Lipinski definition) is 0. The Hall–Kier alpha value is -6.17. The molecule has 0 aliphatic rings. The van der Waals surface area contributed by atoms with E-state index >= 15 is 0 Å². The lowest BCUT2D eigenvalue weighted by molar-refractivity contribution is 0.954. The lowest BCUT2D eigenvalue weighted by Crippen LogP contribution is -2.06. The van der Waals surface area contributed by atoms with Crippen molar-refractivity contribution in [3.05, 3.63) is 158 Å². The van der Waals surface area contributed by atoms with E-state index < -0.39 is 0 Å². The summed E-state index contributed by atoms with van der Waals surface area (Å²) in [6, 6.07) is 55.5. The monoisotopic (exact) mass is 630 g/mol. The molecule has 10 aromatic rings. The second kappa shape index (κ2) is 10.7. The van der Waals surface area contributed by atoms with Crippen molar-refractivity contribution in [1.29, 1.82) is 0 Å². The topological polar surface area (TPSA) is 43.6 Å². The van der Waals surface area contributed by atoms with Crippen LogP contribution in [0, 0.1) is 0 Å². The molecule has 0 aliphatic carbocycles. The summed E-state index contributed by atoms with van der Waals surface area (Å²) in [6.45, 7) is 0. The van der Waals surface area contributed by atoms with Crippen molar-refractivity contribution in [2.45, 2.75) is 0 Å². The van der Waals surface area contributed by atoms with Crippen molar-refractivity contribution in [2.24, 2.45) is 0 Å². The summed E-state index contributed by atoms with van der Waals surface area (Å²) < 4.78 is 4.67. The Kier molecular flexibility index (Phi) is 6.01. The summed E-state index contributed by atoms with van der Waals surface area (Å²) in [4.78, 5) is 15.8. The highest BCUT2D eigenvalue weighted by Crippen LogP contribution is 2.41. The largest absolute Gasteiger partial charge is 0.278 e. The van der Waals surface area contributed by atoms with E-state index in [0.717, 1.165) is 33.3 Å². The van der Waals surface area contributed by atoms with Gasteiger partial charge in [-0.3, -0.25) is 4.57 Å². The number of nitrogens with zero attached hydrogens (tertiary/aromatic N) is 4. The van der Waals surface area contributed by atoms with Crippen LogP contribution < -0.4 is 0 Å². The minimum atomic E-state index is 0.595. The van der Waals surface area contributed by atoms with Gasteiger partial charge in [0.1, 0.15) is 0 Å². The highest BCUT2D eigenvalue weighted by Gasteiger charge is 2.21. The number of rotatable bonds is 4. The van der Waals surface area contributed by atoms with Gasteiger partial charge in [-0.25, -0.2) is 4.98 Å². The van der Waals surface area contributed by atoms with E-state index in [0.29, 0.717) is 17.6 Å². The second-order valence-corrected chi connectivity index (χ2v) is 13.1. The fraction of sp³-hybridized carbons (Fsp3) is 0. The van der Waals surface area contributed by atoms with Gasteiger partial charge in [-0.1, -0.05) is 127 Å². The molecule has 0 amide bonds. The standard InChI is InChI=1S/C43H26N4S/c1-2-12-27(13-3-1)29-15-10-16-30(26-29)41-44-42(34-20-11-23-38-40(34)33-19-7-9-22-37(33)48-38)46-43(45-41)47-35-21-8-6-18-32(35)39-31-17-5-4-14-28(31)24-25-36(39)47/h1-26H. The number of aromatic nitrogens is 4. The van der Waals surface area contributed by atoms with Gasteiger partial charge in [-0.05, 0) is 52.2 Å². The Morgan fingerprint density at radius 3 is 2.02 bits per heavy atom. The smallest absolute Gasteiger partial charge is 0.238 e. The molecule has 7 aromatic carbocycles. The lowest BCUT2D eigenvalue weighted by Gasteiger charge is -2.12. The van der Waals surface area contributed by atoms with Crippen LogP contribution in [-0.4, -0.2) is 19.5 Å². The summed E-state index contributed by atoms with van der Waals surface area (Å²) in [5.41, 5.74) is 6.33. The molecular weight excluding hydrogens is 605 g/mol. The van der Waals surface area contributed by atoms with E-state index in [1.807, 2.05) is 6.07 Å². The molecule has 0 unspecified atom stereocenters. The number of hydrogen-bond acceptors (Lipinski definition) is 4. The highest BCUT2D eigenvalue weighted by atomic mass is 32.1. The van der Waals surface area contributed by atoms with Gasteiger partial charge < -0.3 is 0 Å². The van der Waals surface area contributed by atoms with Gasteiger partial charge in [-0.15, -0.1) is 11.3 Å². The zero-order valence-corrected chi connectivity index (χ0v) is 26.5. The molecule has 5 heteroatoms. The third-order valence-electron chi connectivity index (χ3n) is 9.26. The molecule has 0 fully saturated rings. The van der Waals surface area contributed by atoms with Gasteiger partial charge >= 0.3 is 0 Å². The Morgan fingerprint density at radius 1 is 0.417 bits per heavy atom. The van der Waals surface area contributed by atoms with Crippen LogP contribution in [0.15, 0.2) is 158 Å². The van der Waals surface area contributed by atoms with Crippen molar-refractivity contribution >= 4 is 64.1 Å². The summed E-state index contributed by atoms with van der Waals surface area (Å²) in [5.74, 6) is 1.88. The number of thiophene rings is 1. The Balaban J connectivity index is 1.30. The van der Waals surface area contributed by atoms with Gasteiger partial charge in [0, 0.05) is 42.1 Å². The number of para-hydroxylation sites is 1. The van der Waals surface area contributed by atoms with Crippen LogP contribution in [0.4, 0.5) is 0 Å². The third-order valence-corrected chi connectivity index (χ3v) is 10.4. The molecule has 10 rings (SSSR count). The Labute approximate surface area is 280 Å². The third kappa shape index (κ3) is 4.18. The van der Waals surface area contributed by atoms with Gasteiger partial charge in [0.25, 0.3) is 0 Å². The molecule has 0 bridgehead atoms. The maximum Gasteiger partial charge on any atom is 0.238 e. The van der Waals surface area contributed by atoms with Crippen LogP contribution in [0.5, 0.6) is 0 Å². The molecule has 3 aromatic heterocycles. The van der Waals surface area contributed by atoms with E-state index in [1.54, 1.807) is 11.3 Å². The van der Waals surface area contributed by atoms with E-state index in [2.05, 4.69) is 156 Å². The summed E-state index contributed by atoms with van der Waals surface area (Å²) in [5, 5.41) is 7.18. The maximum absolute atomic E-state index is 5.31. The van der Waals surface area contributed by atoms with Crippen LogP contribution in [0.1, 0.15) is 0 Å². The first-order chi connectivity index (χ1) is 23.8. The molecule has 0 spiro atoms. The Bertz CT molecular complexity index is 2850. The van der Waals surface area contributed by atoms with Crippen molar-refractivity contribution in [3.8, 4) is 39.9 Å². The van der Waals surface area contributed by atoms with Crippen LogP contribution in [-0.2, 0) is 0 Å². The first-order valence-corrected chi connectivity index (χ1v) is 16.9. The quantitative estimate of drug-likeness (QED) is 0.194. The van der Waals surface area contributed by atoms with Crippen molar-refractivity contribution in [3.63, 3.8) is 0 Å². The minimum absolute atomic E-state index is 0.595. The molecule has 0 aliphatic heterocycles. The first kappa shape index (κ1) is 27.0. The molecule has 0 atom stereocenters. The van der Waals surface area contributed by atoms with Crippen LogP contribution in [0.25, 0.3) is 92.6 Å². The van der Waals surface area contributed by atoms with Crippen molar-refractivity contribution in [2.75, 3.05) is 0 Å². The van der Waals surface area contributed by atoms with Crippen LogP contribution >= 0.6 is 11.3 Å². The fourth-order valence-corrected chi connectivity index (χ4v) is 8.23. The summed E-state index contributed by atoms with van der Waals surface area (Å²) in [7, 11) is 0. The predicted molar refractivity (Wildman–Crippen MR) is 201 cm³/mol. The molecule has 3 heterocycles. The second-order valence-electron chi connectivity index (χ2n) is 12.0. The van der Waals surface area contributed by atoms with Gasteiger partial charge in [-0.2, -0.15) is 9.97 Å². The van der Waals surface area contributed by atoms with Crippen LogP contribution in [0.3, 0.4) is 0 Å². The molecule has 48 heavy (non-hydrogen) atoms. The average molecular weight is 631 g/mol. The molecule has 0 N–H and O–H groups in total. The van der Waals surface area contributed by atoms with Gasteiger partial charge in [0.15, 0.2) is 11.6 Å². The first-order valence-electron chi connectivity index (χ1n) is 16.0. The molecular formula is C43H26N4S. The molecule has 4 nitrogen and oxygen atoms in total. The molecule has 0 saturated heterocycles. The molecule has 0 radical (unpaired) electrons. The van der Waals surface area contributed by atoms with E-state index in [-0.39, 0.29) is 0 Å². The minimum Gasteiger partial charge on any atom is -0.278 e.